The number of nitrogens with one attached hydrogen (secondary N) is 1. The molecule has 1 aromatic carbocycles. The Kier molecular flexibility index (Phi) is 4.54. The molecule has 3 heterocycles. The number of rotatable bonds is 5. The molecule has 0 spiro atoms. The van der Waals surface area contributed by atoms with Crippen LogP contribution in [0.2, 0.25) is 0 Å². The summed E-state index contributed by atoms with van der Waals surface area (Å²) in [7, 11) is 2.22. The van der Waals surface area contributed by atoms with Gasteiger partial charge in [-0.1, -0.05) is 18.2 Å². The largest absolute Gasteiger partial charge is 0.371 e. The van der Waals surface area contributed by atoms with E-state index in [9.17, 15) is 0 Å². The fraction of sp³-hybridized carbons (Fsp3) is 0.526. The number of fused-ring (bicyclic) bond motifs is 1. The van der Waals surface area contributed by atoms with Crippen molar-refractivity contribution in [2.75, 3.05) is 38.1 Å². The Bertz CT molecular complexity index is 642. The highest BCUT2D eigenvalue weighted by Crippen LogP contribution is 2.24. The monoisotopic (exact) mass is 325 g/mol. The minimum absolute atomic E-state index is 0.745. The second-order valence-corrected chi connectivity index (χ2v) is 7.16. The molecule has 2 aliphatic rings. The molecule has 1 saturated heterocycles. The van der Waals surface area contributed by atoms with Gasteiger partial charge < -0.3 is 15.1 Å². The Balaban J connectivity index is 1.30. The first-order valence-electron chi connectivity index (χ1n) is 9.03. The summed E-state index contributed by atoms with van der Waals surface area (Å²) in [5.41, 5.74) is 3.88. The average Bonchev–Trinajstić information content (AvgIpc) is 3.21. The number of hydrogen-bond acceptors (Lipinski definition) is 4. The fourth-order valence-electron chi connectivity index (χ4n) is 3.97. The third-order valence-electron chi connectivity index (χ3n) is 5.13. The topological polar surface area (TPSA) is 36.3 Å². The summed E-state index contributed by atoms with van der Waals surface area (Å²) in [6.45, 7) is 7.40. The van der Waals surface area contributed by atoms with Crippen LogP contribution in [0.25, 0.3) is 0 Å². The summed E-state index contributed by atoms with van der Waals surface area (Å²) in [5.74, 6) is 0.745. The summed E-state index contributed by atoms with van der Waals surface area (Å²) in [6.07, 6.45) is 1.28. The van der Waals surface area contributed by atoms with Crippen molar-refractivity contribution in [2.45, 2.75) is 26.1 Å². The van der Waals surface area contributed by atoms with Gasteiger partial charge in [0.05, 0.1) is 17.9 Å². The van der Waals surface area contributed by atoms with E-state index in [1.807, 2.05) is 0 Å². The van der Waals surface area contributed by atoms with Crippen molar-refractivity contribution in [3.8, 4) is 0 Å². The maximum absolute atomic E-state index is 4.75. The molecule has 0 saturated carbocycles. The highest BCUT2D eigenvalue weighted by molar-refractivity contribution is 5.46. The quantitative estimate of drug-likeness (QED) is 0.911. The third-order valence-corrected chi connectivity index (χ3v) is 5.13. The lowest BCUT2D eigenvalue weighted by Crippen LogP contribution is -2.28. The molecule has 0 amide bonds. The van der Waals surface area contributed by atoms with E-state index in [1.54, 1.807) is 0 Å². The standard InChI is InChI=1S/C19H27N5/c1-22(15-17-11-19-12-20-8-10-24(19)21-17)13-16-7-9-23(14-16)18-5-3-2-4-6-18/h2-6,11,16,20H,7-10,12-15H2,1H3. The van der Waals surface area contributed by atoms with E-state index in [1.165, 1.54) is 30.0 Å². The molecule has 1 fully saturated rings. The Hall–Kier alpha value is -1.85. The molecule has 1 unspecified atom stereocenters. The van der Waals surface area contributed by atoms with Crippen LogP contribution in [0.15, 0.2) is 36.4 Å². The van der Waals surface area contributed by atoms with E-state index in [-0.39, 0.29) is 0 Å². The van der Waals surface area contributed by atoms with E-state index >= 15 is 0 Å². The van der Waals surface area contributed by atoms with Crippen molar-refractivity contribution >= 4 is 5.69 Å². The predicted molar refractivity (Wildman–Crippen MR) is 97.0 cm³/mol. The number of para-hydroxylation sites is 1. The molecule has 2 aliphatic heterocycles. The predicted octanol–water partition coefficient (Wildman–Crippen LogP) is 1.94. The molecule has 1 N–H and O–H groups in total. The maximum atomic E-state index is 4.75. The molecule has 1 atom stereocenters. The molecule has 24 heavy (non-hydrogen) atoms. The van der Waals surface area contributed by atoms with Crippen LogP contribution in [0.3, 0.4) is 0 Å². The maximum Gasteiger partial charge on any atom is 0.0768 e. The normalized spacial score (nSPS) is 20.6. The highest BCUT2D eigenvalue weighted by Gasteiger charge is 2.24. The molecular formula is C19H27N5. The second kappa shape index (κ2) is 6.95. The van der Waals surface area contributed by atoms with Gasteiger partial charge in [-0.3, -0.25) is 4.68 Å². The van der Waals surface area contributed by atoms with Crippen molar-refractivity contribution in [1.29, 1.82) is 0 Å². The fourth-order valence-corrected chi connectivity index (χ4v) is 3.97. The van der Waals surface area contributed by atoms with Crippen LogP contribution < -0.4 is 10.2 Å². The molecular weight excluding hydrogens is 298 g/mol. The SMILES string of the molecule is CN(Cc1cc2n(n1)CCNC2)CC1CCN(c2ccccc2)C1. The summed E-state index contributed by atoms with van der Waals surface area (Å²) >= 11 is 0. The van der Waals surface area contributed by atoms with Gasteiger partial charge in [0.15, 0.2) is 0 Å². The lowest BCUT2D eigenvalue weighted by atomic mass is 10.1. The van der Waals surface area contributed by atoms with Crippen molar-refractivity contribution < 1.29 is 0 Å². The van der Waals surface area contributed by atoms with Crippen LogP contribution in [0.4, 0.5) is 5.69 Å². The number of nitrogens with zero attached hydrogens (tertiary/aromatic N) is 4. The minimum Gasteiger partial charge on any atom is -0.371 e. The van der Waals surface area contributed by atoms with Gasteiger partial charge in [0.25, 0.3) is 0 Å². The summed E-state index contributed by atoms with van der Waals surface area (Å²) in [5, 5.41) is 8.16. The van der Waals surface area contributed by atoms with Crippen LogP contribution in [-0.2, 0) is 19.6 Å². The third kappa shape index (κ3) is 3.47. The van der Waals surface area contributed by atoms with Crippen LogP contribution in [-0.4, -0.2) is 47.9 Å². The van der Waals surface area contributed by atoms with Crippen LogP contribution in [0.1, 0.15) is 17.8 Å². The van der Waals surface area contributed by atoms with Crippen molar-refractivity contribution in [3.63, 3.8) is 0 Å². The second-order valence-electron chi connectivity index (χ2n) is 7.16. The van der Waals surface area contributed by atoms with Crippen LogP contribution >= 0.6 is 0 Å². The van der Waals surface area contributed by atoms with Gasteiger partial charge in [0.2, 0.25) is 0 Å². The molecule has 128 valence electrons. The minimum atomic E-state index is 0.745. The smallest absolute Gasteiger partial charge is 0.0768 e. The zero-order chi connectivity index (χ0) is 16.4. The first-order valence-corrected chi connectivity index (χ1v) is 9.03. The first-order chi connectivity index (χ1) is 11.8. The van der Waals surface area contributed by atoms with Gasteiger partial charge in [-0.05, 0) is 37.6 Å². The van der Waals surface area contributed by atoms with E-state index in [0.29, 0.717) is 0 Å². The lowest BCUT2D eigenvalue weighted by Gasteiger charge is -2.22. The van der Waals surface area contributed by atoms with Crippen LogP contribution in [0.5, 0.6) is 0 Å². The average molecular weight is 325 g/mol. The molecule has 4 rings (SSSR count). The molecule has 5 nitrogen and oxygen atoms in total. The highest BCUT2D eigenvalue weighted by atomic mass is 15.3. The van der Waals surface area contributed by atoms with Gasteiger partial charge in [-0.25, -0.2) is 0 Å². The molecule has 0 aliphatic carbocycles. The van der Waals surface area contributed by atoms with E-state index < -0.39 is 0 Å². The number of hydrogen-bond donors (Lipinski definition) is 1. The number of benzene rings is 1. The van der Waals surface area contributed by atoms with Gasteiger partial charge >= 0.3 is 0 Å². The number of aromatic nitrogens is 2. The molecule has 0 bridgehead atoms. The van der Waals surface area contributed by atoms with E-state index in [2.05, 4.69) is 63.2 Å². The zero-order valence-corrected chi connectivity index (χ0v) is 14.5. The molecule has 5 heteroatoms. The Labute approximate surface area is 144 Å². The summed E-state index contributed by atoms with van der Waals surface area (Å²) < 4.78 is 2.16. The van der Waals surface area contributed by atoms with Crippen molar-refractivity contribution in [1.82, 2.24) is 20.0 Å². The summed E-state index contributed by atoms with van der Waals surface area (Å²) in [6, 6.07) is 13.0. The van der Waals surface area contributed by atoms with E-state index in [4.69, 9.17) is 5.10 Å². The van der Waals surface area contributed by atoms with Gasteiger partial charge in [0, 0.05) is 45.0 Å². The molecule has 0 radical (unpaired) electrons. The van der Waals surface area contributed by atoms with Gasteiger partial charge in [-0.15, -0.1) is 0 Å². The molecule has 1 aromatic heterocycles. The number of anilines is 1. The summed E-state index contributed by atoms with van der Waals surface area (Å²) in [4.78, 5) is 4.94. The van der Waals surface area contributed by atoms with Crippen molar-refractivity contribution in [3.05, 3.63) is 47.8 Å². The van der Waals surface area contributed by atoms with Crippen molar-refractivity contribution in [2.24, 2.45) is 5.92 Å². The Morgan fingerprint density at radius 1 is 1.25 bits per heavy atom. The Morgan fingerprint density at radius 3 is 2.96 bits per heavy atom. The molecule has 2 aromatic rings. The van der Waals surface area contributed by atoms with Gasteiger partial charge in [-0.2, -0.15) is 5.10 Å². The van der Waals surface area contributed by atoms with E-state index in [0.717, 1.165) is 45.2 Å². The van der Waals surface area contributed by atoms with Gasteiger partial charge in [0.1, 0.15) is 0 Å². The zero-order valence-electron chi connectivity index (χ0n) is 14.5. The Morgan fingerprint density at radius 2 is 2.12 bits per heavy atom. The first kappa shape index (κ1) is 15.7. The lowest BCUT2D eigenvalue weighted by molar-refractivity contribution is 0.275. The van der Waals surface area contributed by atoms with Crippen LogP contribution in [0, 0.1) is 5.92 Å².